The van der Waals surface area contributed by atoms with Gasteiger partial charge in [0.15, 0.2) is 0 Å². The third kappa shape index (κ3) is 4.99. The molecule has 0 aromatic heterocycles. The lowest BCUT2D eigenvalue weighted by Gasteiger charge is -2.19. The monoisotopic (exact) mass is 259 g/mol. The molecular formula is C18H29N. The van der Waals surface area contributed by atoms with Gasteiger partial charge < -0.3 is 5.32 Å². The van der Waals surface area contributed by atoms with E-state index >= 15 is 0 Å². The van der Waals surface area contributed by atoms with Crippen LogP contribution in [0.3, 0.4) is 0 Å². The molecule has 0 radical (unpaired) electrons. The van der Waals surface area contributed by atoms with Gasteiger partial charge in [-0.25, -0.2) is 0 Å². The minimum atomic E-state index is 0.757. The highest BCUT2D eigenvalue weighted by molar-refractivity contribution is 5.14. The summed E-state index contributed by atoms with van der Waals surface area (Å²) in [5.41, 5.74) is 1.45. The van der Waals surface area contributed by atoms with Gasteiger partial charge in [0.25, 0.3) is 0 Å². The summed E-state index contributed by atoms with van der Waals surface area (Å²) in [5.74, 6) is 1.82. The molecule has 1 heteroatoms. The Hall–Kier alpha value is -0.820. The molecule has 2 unspecified atom stereocenters. The van der Waals surface area contributed by atoms with Gasteiger partial charge in [-0.2, -0.15) is 0 Å². The van der Waals surface area contributed by atoms with Crippen molar-refractivity contribution in [3.05, 3.63) is 35.9 Å². The summed E-state index contributed by atoms with van der Waals surface area (Å²) < 4.78 is 0. The molecule has 0 spiro atoms. The number of hydrogen-bond donors (Lipinski definition) is 1. The van der Waals surface area contributed by atoms with E-state index in [0.29, 0.717) is 0 Å². The smallest absolute Gasteiger partial charge is 0.00672 e. The van der Waals surface area contributed by atoms with Crippen molar-refractivity contribution in [2.24, 2.45) is 11.8 Å². The molecule has 0 heterocycles. The van der Waals surface area contributed by atoms with Crippen molar-refractivity contribution < 1.29 is 0 Å². The number of rotatable bonds is 5. The Morgan fingerprint density at radius 1 is 1.05 bits per heavy atom. The van der Waals surface area contributed by atoms with Crippen LogP contribution in [-0.2, 0) is 6.42 Å². The van der Waals surface area contributed by atoms with Gasteiger partial charge in [-0.15, -0.1) is 0 Å². The van der Waals surface area contributed by atoms with E-state index in [1.807, 2.05) is 0 Å². The van der Waals surface area contributed by atoms with Crippen LogP contribution in [0.4, 0.5) is 0 Å². The van der Waals surface area contributed by atoms with E-state index in [1.54, 1.807) is 0 Å². The van der Waals surface area contributed by atoms with Gasteiger partial charge >= 0.3 is 0 Å². The van der Waals surface area contributed by atoms with Crippen molar-refractivity contribution in [3.63, 3.8) is 0 Å². The Morgan fingerprint density at radius 3 is 2.58 bits per heavy atom. The molecule has 106 valence electrons. The van der Waals surface area contributed by atoms with Crippen LogP contribution in [0.2, 0.25) is 0 Å². The number of benzene rings is 1. The zero-order chi connectivity index (χ0) is 13.5. The lowest BCUT2D eigenvalue weighted by molar-refractivity contribution is 0.338. The molecule has 1 fully saturated rings. The SMILES string of the molecule is CC(C)C1CCCC(NCCc2ccccc2)CC1. The Labute approximate surface area is 118 Å². The second-order valence-corrected chi connectivity index (χ2v) is 6.40. The van der Waals surface area contributed by atoms with Crippen molar-refractivity contribution >= 4 is 0 Å². The van der Waals surface area contributed by atoms with Crippen molar-refractivity contribution in [2.75, 3.05) is 6.54 Å². The first-order chi connectivity index (χ1) is 9.25. The third-order valence-corrected chi connectivity index (χ3v) is 4.65. The molecule has 0 bridgehead atoms. The zero-order valence-corrected chi connectivity index (χ0v) is 12.6. The topological polar surface area (TPSA) is 12.0 Å². The predicted molar refractivity (Wildman–Crippen MR) is 83.3 cm³/mol. The zero-order valence-electron chi connectivity index (χ0n) is 12.6. The number of hydrogen-bond acceptors (Lipinski definition) is 1. The van der Waals surface area contributed by atoms with E-state index in [2.05, 4.69) is 49.5 Å². The lowest BCUT2D eigenvalue weighted by atomic mass is 9.89. The highest BCUT2D eigenvalue weighted by atomic mass is 14.9. The summed E-state index contributed by atoms with van der Waals surface area (Å²) >= 11 is 0. The third-order valence-electron chi connectivity index (χ3n) is 4.65. The van der Waals surface area contributed by atoms with Crippen LogP contribution in [0.5, 0.6) is 0 Å². The first-order valence-electron chi connectivity index (χ1n) is 8.03. The summed E-state index contributed by atoms with van der Waals surface area (Å²) in [6.45, 7) is 5.89. The molecule has 1 aromatic rings. The molecule has 19 heavy (non-hydrogen) atoms. The van der Waals surface area contributed by atoms with Crippen molar-refractivity contribution in [3.8, 4) is 0 Å². The molecule has 0 saturated heterocycles. The van der Waals surface area contributed by atoms with Gasteiger partial charge in [0.1, 0.15) is 0 Å². The van der Waals surface area contributed by atoms with Gasteiger partial charge in [-0.1, -0.05) is 57.0 Å². The maximum absolute atomic E-state index is 3.77. The Bertz CT molecular complexity index is 344. The Morgan fingerprint density at radius 2 is 1.84 bits per heavy atom. The molecule has 1 N–H and O–H groups in total. The molecule has 0 amide bonds. The van der Waals surface area contributed by atoms with Gasteiger partial charge in [-0.05, 0) is 49.6 Å². The number of nitrogens with one attached hydrogen (secondary N) is 1. The van der Waals surface area contributed by atoms with Crippen LogP contribution in [0.25, 0.3) is 0 Å². The lowest BCUT2D eigenvalue weighted by Crippen LogP contribution is -2.30. The minimum Gasteiger partial charge on any atom is -0.314 e. The van der Waals surface area contributed by atoms with Crippen molar-refractivity contribution in [1.82, 2.24) is 5.32 Å². The van der Waals surface area contributed by atoms with E-state index in [0.717, 1.165) is 30.8 Å². The summed E-state index contributed by atoms with van der Waals surface area (Å²) in [6, 6.07) is 11.6. The molecule has 1 nitrogen and oxygen atoms in total. The highest BCUT2D eigenvalue weighted by Crippen LogP contribution is 2.28. The summed E-state index contributed by atoms with van der Waals surface area (Å²) in [4.78, 5) is 0. The normalized spacial score (nSPS) is 24.4. The second kappa shape index (κ2) is 7.69. The van der Waals surface area contributed by atoms with Gasteiger partial charge in [-0.3, -0.25) is 0 Å². The van der Waals surface area contributed by atoms with E-state index in [9.17, 15) is 0 Å². The fraction of sp³-hybridized carbons (Fsp3) is 0.667. The minimum absolute atomic E-state index is 0.757. The van der Waals surface area contributed by atoms with Crippen LogP contribution in [0.1, 0.15) is 51.5 Å². The first-order valence-corrected chi connectivity index (χ1v) is 8.03. The highest BCUT2D eigenvalue weighted by Gasteiger charge is 2.20. The molecule has 1 aromatic carbocycles. The maximum Gasteiger partial charge on any atom is 0.00672 e. The fourth-order valence-electron chi connectivity index (χ4n) is 3.27. The second-order valence-electron chi connectivity index (χ2n) is 6.40. The van der Waals surface area contributed by atoms with Crippen LogP contribution in [0.15, 0.2) is 30.3 Å². The van der Waals surface area contributed by atoms with Crippen LogP contribution < -0.4 is 5.32 Å². The average molecular weight is 259 g/mol. The maximum atomic E-state index is 3.77. The first kappa shape index (κ1) is 14.6. The van der Waals surface area contributed by atoms with Crippen molar-refractivity contribution in [2.45, 2.75) is 58.4 Å². The largest absolute Gasteiger partial charge is 0.314 e. The van der Waals surface area contributed by atoms with Crippen LogP contribution in [-0.4, -0.2) is 12.6 Å². The van der Waals surface area contributed by atoms with E-state index in [4.69, 9.17) is 0 Å². The fourth-order valence-corrected chi connectivity index (χ4v) is 3.27. The molecule has 1 aliphatic carbocycles. The average Bonchev–Trinajstić information content (AvgIpc) is 2.66. The van der Waals surface area contributed by atoms with Gasteiger partial charge in [0.05, 0.1) is 0 Å². The van der Waals surface area contributed by atoms with Gasteiger partial charge in [0.2, 0.25) is 0 Å². The van der Waals surface area contributed by atoms with Gasteiger partial charge in [0, 0.05) is 6.04 Å². The van der Waals surface area contributed by atoms with Crippen molar-refractivity contribution in [1.29, 1.82) is 0 Å². The Balaban J connectivity index is 1.69. The Kier molecular flexibility index (Phi) is 5.91. The molecule has 1 saturated carbocycles. The molecule has 2 atom stereocenters. The molecular weight excluding hydrogens is 230 g/mol. The van der Waals surface area contributed by atoms with E-state index in [1.165, 1.54) is 37.7 Å². The standard InChI is InChI=1S/C18H29N/c1-15(2)17-9-6-10-18(12-11-17)19-14-13-16-7-4-3-5-8-16/h3-5,7-8,15,17-19H,6,9-14H2,1-2H3. The summed E-state index contributed by atoms with van der Waals surface area (Å²) in [7, 11) is 0. The molecule has 1 aliphatic rings. The van der Waals surface area contributed by atoms with Crippen LogP contribution in [0, 0.1) is 11.8 Å². The molecule has 0 aliphatic heterocycles. The summed E-state index contributed by atoms with van der Waals surface area (Å²) in [6.07, 6.45) is 8.17. The van der Waals surface area contributed by atoms with E-state index in [-0.39, 0.29) is 0 Å². The predicted octanol–water partition coefficient (Wildman–Crippen LogP) is 4.42. The molecule has 2 rings (SSSR count). The quantitative estimate of drug-likeness (QED) is 0.772. The van der Waals surface area contributed by atoms with E-state index < -0.39 is 0 Å². The summed E-state index contributed by atoms with van der Waals surface area (Å²) in [5, 5.41) is 3.77. The van der Waals surface area contributed by atoms with Crippen LogP contribution >= 0.6 is 0 Å².